The minimum atomic E-state index is 0.577. The van der Waals surface area contributed by atoms with Gasteiger partial charge in [0.1, 0.15) is 12.4 Å². The smallest absolute Gasteiger partial charge is 0.132 e. The monoisotopic (exact) mass is 242 g/mol. The number of hydrogen-bond donors (Lipinski definition) is 0. The van der Waals surface area contributed by atoms with Gasteiger partial charge in [-0.15, -0.1) is 0 Å². The standard InChI is InChI=1S/C15H18N2O/c1-12-6-2-3-8-15(12)18-10-13-14-7-4-5-9-17(14)11-16-13/h2-3,6,8,11H,4-5,7,9-10H2,1H3. The van der Waals surface area contributed by atoms with Crippen molar-refractivity contribution in [2.45, 2.75) is 39.3 Å². The minimum absolute atomic E-state index is 0.577. The van der Waals surface area contributed by atoms with E-state index in [1.165, 1.54) is 24.1 Å². The van der Waals surface area contributed by atoms with Crippen molar-refractivity contribution in [2.75, 3.05) is 0 Å². The highest BCUT2D eigenvalue weighted by Gasteiger charge is 2.15. The molecule has 0 saturated heterocycles. The normalized spacial score (nSPS) is 14.3. The highest BCUT2D eigenvalue weighted by molar-refractivity contribution is 5.32. The van der Waals surface area contributed by atoms with Gasteiger partial charge in [0.05, 0.1) is 12.0 Å². The van der Waals surface area contributed by atoms with Crippen molar-refractivity contribution in [1.82, 2.24) is 9.55 Å². The maximum atomic E-state index is 5.87. The number of hydrogen-bond acceptors (Lipinski definition) is 2. The summed E-state index contributed by atoms with van der Waals surface area (Å²) in [5, 5.41) is 0. The Morgan fingerprint density at radius 3 is 3.06 bits per heavy atom. The van der Waals surface area contributed by atoms with E-state index >= 15 is 0 Å². The average molecular weight is 242 g/mol. The van der Waals surface area contributed by atoms with Crippen LogP contribution in [0.3, 0.4) is 0 Å². The van der Waals surface area contributed by atoms with Crippen molar-refractivity contribution in [2.24, 2.45) is 0 Å². The Kier molecular flexibility index (Phi) is 3.05. The van der Waals surface area contributed by atoms with Gasteiger partial charge in [-0.05, 0) is 37.8 Å². The molecule has 3 heteroatoms. The van der Waals surface area contributed by atoms with Gasteiger partial charge >= 0.3 is 0 Å². The third kappa shape index (κ3) is 2.13. The number of imidazole rings is 1. The van der Waals surface area contributed by atoms with Crippen LogP contribution in [0.15, 0.2) is 30.6 Å². The molecule has 3 nitrogen and oxygen atoms in total. The molecule has 94 valence electrons. The van der Waals surface area contributed by atoms with Crippen LogP contribution in [0.2, 0.25) is 0 Å². The maximum absolute atomic E-state index is 5.87. The molecular weight excluding hydrogens is 224 g/mol. The van der Waals surface area contributed by atoms with E-state index in [4.69, 9.17) is 4.74 Å². The molecule has 0 bridgehead atoms. The van der Waals surface area contributed by atoms with Crippen molar-refractivity contribution in [3.63, 3.8) is 0 Å². The molecule has 0 unspecified atom stereocenters. The van der Waals surface area contributed by atoms with E-state index in [-0.39, 0.29) is 0 Å². The molecule has 1 aromatic heterocycles. The number of rotatable bonds is 3. The molecule has 1 aromatic carbocycles. The summed E-state index contributed by atoms with van der Waals surface area (Å²) < 4.78 is 8.14. The van der Waals surface area contributed by atoms with E-state index in [1.54, 1.807) is 0 Å². The summed E-state index contributed by atoms with van der Waals surface area (Å²) in [6.45, 7) is 3.75. The summed E-state index contributed by atoms with van der Waals surface area (Å²) in [4.78, 5) is 4.48. The Balaban J connectivity index is 1.74. The highest BCUT2D eigenvalue weighted by Crippen LogP contribution is 2.21. The van der Waals surface area contributed by atoms with E-state index in [9.17, 15) is 0 Å². The molecule has 0 atom stereocenters. The van der Waals surface area contributed by atoms with Gasteiger partial charge in [-0.3, -0.25) is 0 Å². The van der Waals surface area contributed by atoms with Crippen molar-refractivity contribution in [3.8, 4) is 5.75 Å². The average Bonchev–Trinajstić information content (AvgIpc) is 2.81. The van der Waals surface area contributed by atoms with Gasteiger partial charge < -0.3 is 9.30 Å². The fourth-order valence-corrected chi connectivity index (χ4v) is 2.49. The maximum Gasteiger partial charge on any atom is 0.132 e. The van der Waals surface area contributed by atoms with Crippen LogP contribution >= 0.6 is 0 Å². The summed E-state index contributed by atoms with van der Waals surface area (Å²) in [6.07, 6.45) is 5.61. The number of aryl methyl sites for hydroxylation is 2. The second-order valence-electron chi connectivity index (χ2n) is 4.84. The van der Waals surface area contributed by atoms with Crippen molar-refractivity contribution < 1.29 is 4.74 Å². The first-order valence-electron chi connectivity index (χ1n) is 6.56. The van der Waals surface area contributed by atoms with Crippen molar-refractivity contribution in [3.05, 3.63) is 47.5 Å². The second kappa shape index (κ2) is 4.84. The van der Waals surface area contributed by atoms with Gasteiger partial charge in [0.15, 0.2) is 0 Å². The molecule has 0 fully saturated rings. The van der Waals surface area contributed by atoms with Gasteiger partial charge in [-0.1, -0.05) is 18.2 Å². The Labute approximate surface area is 107 Å². The highest BCUT2D eigenvalue weighted by atomic mass is 16.5. The van der Waals surface area contributed by atoms with Crippen LogP contribution in [0.1, 0.15) is 29.8 Å². The first-order chi connectivity index (χ1) is 8.84. The summed E-state index contributed by atoms with van der Waals surface area (Å²) in [5.41, 5.74) is 3.62. The van der Waals surface area contributed by atoms with Gasteiger partial charge in [-0.2, -0.15) is 0 Å². The molecule has 0 spiro atoms. The predicted octanol–water partition coefficient (Wildman–Crippen LogP) is 3.11. The SMILES string of the molecule is Cc1ccccc1OCc1ncn2c1CCCC2. The quantitative estimate of drug-likeness (QED) is 0.827. The van der Waals surface area contributed by atoms with E-state index < -0.39 is 0 Å². The van der Waals surface area contributed by atoms with Crippen LogP contribution in [0, 0.1) is 6.92 Å². The largest absolute Gasteiger partial charge is 0.487 e. The third-order valence-corrected chi connectivity index (χ3v) is 3.55. The Bertz CT molecular complexity index is 545. The number of nitrogens with zero attached hydrogens (tertiary/aromatic N) is 2. The zero-order valence-electron chi connectivity index (χ0n) is 10.7. The van der Waals surface area contributed by atoms with E-state index in [0.29, 0.717) is 6.61 Å². The molecule has 18 heavy (non-hydrogen) atoms. The van der Waals surface area contributed by atoms with E-state index in [2.05, 4.69) is 22.5 Å². The van der Waals surface area contributed by atoms with E-state index in [1.807, 2.05) is 24.5 Å². The number of para-hydroxylation sites is 1. The van der Waals surface area contributed by atoms with Crippen LogP contribution in [0.4, 0.5) is 0 Å². The molecule has 0 saturated carbocycles. The molecular formula is C15H18N2O. The van der Waals surface area contributed by atoms with Gasteiger partial charge in [0.2, 0.25) is 0 Å². The lowest BCUT2D eigenvalue weighted by Crippen LogP contribution is -2.11. The van der Waals surface area contributed by atoms with Gasteiger partial charge in [0, 0.05) is 12.2 Å². The van der Waals surface area contributed by atoms with Gasteiger partial charge in [0.25, 0.3) is 0 Å². The third-order valence-electron chi connectivity index (χ3n) is 3.55. The fraction of sp³-hybridized carbons (Fsp3) is 0.400. The van der Waals surface area contributed by atoms with Gasteiger partial charge in [-0.25, -0.2) is 4.98 Å². The fourth-order valence-electron chi connectivity index (χ4n) is 2.49. The lowest BCUT2D eigenvalue weighted by Gasteiger charge is -2.15. The van der Waals surface area contributed by atoms with Crippen LogP contribution < -0.4 is 4.74 Å². The Morgan fingerprint density at radius 2 is 2.17 bits per heavy atom. The molecule has 3 rings (SSSR count). The topological polar surface area (TPSA) is 27.1 Å². The van der Waals surface area contributed by atoms with Crippen molar-refractivity contribution in [1.29, 1.82) is 0 Å². The van der Waals surface area contributed by atoms with E-state index in [0.717, 1.165) is 24.4 Å². The molecule has 0 N–H and O–H groups in total. The molecule has 1 aliphatic heterocycles. The molecule has 1 aliphatic rings. The summed E-state index contributed by atoms with van der Waals surface area (Å²) in [7, 11) is 0. The predicted molar refractivity (Wildman–Crippen MR) is 70.7 cm³/mol. The van der Waals surface area contributed by atoms with Crippen LogP contribution in [-0.4, -0.2) is 9.55 Å². The van der Waals surface area contributed by atoms with Crippen LogP contribution in [-0.2, 0) is 19.6 Å². The zero-order valence-corrected chi connectivity index (χ0v) is 10.7. The molecule has 0 aliphatic carbocycles. The summed E-state index contributed by atoms with van der Waals surface area (Å²) in [5.74, 6) is 0.954. The number of ether oxygens (including phenoxy) is 1. The lowest BCUT2D eigenvalue weighted by atomic mass is 10.1. The molecule has 0 radical (unpaired) electrons. The minimum Gasteiger partial charge on any atom is -0.487 e. The molecule has 2 heterocycles. The Hall–Kier alpha value is -1.77. The zero-order chi connectivity index (χ0) is 12.4. The Morgan fingerprint density at radius 1 is 1.28 bits per heavy atom. The molecule has 0 amide bonds. The first-order valence-corrected chi connectivity index (χ1v) is 6.56. The lowest BCUT2D eigenvalue weighted by molar-refractivity contribution is 0.297. The molecule has 2 aromatic rings. The number of benzene rings is 1. The van der Waals surface area contributed by atoms with Crippen LogP contribution in [0.5, 0.6) is 5.75 Å². The van der Waals surface area contributed by atoms with Crippen LogP contribution in [0.25, 0.3) is 0 Å². The summed E-state index contributed by atoms with van der Waals surface area (Å²) >= 11 is 0. The first kappa shape index (κ1) is 11.3. The number of fused-ring (bicyclic) bond motifs is 1. The van der Waals surface area contributed by atoms with Crippen molar-refractivity contribution >= 4 is 0 Å². The second-order valence-corrected chi connectivity index (χ2v) is 4.84. The summed E-state index contributed by atoms with van der Waals surface area (Å²) in [6, 6.07) is 8.11. The number of aromatic nitrogens is 2.